The maximum atomic E-state index is 11.3. The molecule has 0 atom stereocenters. The number of rotatable bonds is 12. The van der Waals surface area contributed by atoms with Crippen LogP contribution in [-0.2, 0) is 9.53 Å². The molecule has 2 nitrogen and oxygen atoms in total. The van der Waals surface area contributed by atoms with Gasteiger partial charge < -0.3 is 4.74 Å². The zero-order chi connectivity index (χ0) is 13.5. The second-order valence-electron chi connectivity index (χ2n) is 4.80. The molecule has 18 heavy (non-hydrogen) atoms. The van der Waals surface area contributed by atoms with Gasteiger partial charge in [0.15, 0.2) is 0 Å². The molecule has 0 saturated heterocycles. The van der Waals surface area contributed by atoms with Crippen molar-refractivity contribution in [2.24, 2.45) is 0 Å². The predicted molar refractivity (Wildman–Crippen MR) is 77.6 cm³/mol. The lowest BCUT2D eigenvalue weighted by molar-refractivity contribution is -0.143. The van der Waals surface area contributed by atoms with Gasteiger partial charge in [0.05, 0.1) is 6.61 Å². The number of carbonyl (C=O) groups is 1. The van der Waals surface area contributed by atoms with Crippen molar-refractivity contribution in [2.45, 2.75) is 78.1 Å². The fourth-order valence-corrected chi connectivity index (χ4v) is 1.81. The molecule has 0 aliphatic carbocycles. The maximum Gasteiger partial charge on any atom is 0.305 e. The van der Waals surface area contributed by atoms with Crippen LogP contribution in [0.2, 0.25) is 0 Å². The number of ether oxygens (including phenoxy) is 1. The monoisotopic (exact) mass is 254 g/mol. The Morgan fingerprint density at radius 1 is 1.00 bits per heavy atom. The maximum absolute atomic E-state index is 11.3. The summed E-state index contributed by atoms with van der Waals surface area (Å²) >= 11 is 0. The summed E-state index contributed by atoms with van der Waals surface area (Å²) in [5, 5.41) is 0. The summed E-state index contributed by atoms with van der Waals surface area (Å²) in [4.78, 5) is 11.3. The molecular weight excluding hydrogens is 224 g/mol. The van der Waals surface area contributed by atoms with E-state index in [1.165, 1.54) is 32.1 Å². The van der Waals surface area contributed by atoms with Crippen LogP contribution in [0.1, 0.15) is 78.1 Å². The smallest absolute Gasteiger partial charge is 0.305 e. The van der Waals surface area contributed by atoms with E-state index in [-0.39, 0.29) is 5.97 Å². The molecule has 0 aromatic carbocycles. The highest BCUT2D eigenvalue weighted by atomic mass is 16.5. The SMILES string of the molecule is C/C=C/CCCCCCCCC(=O)OCCCC. The van der Waals surface area contributed by atoms with Crippen LogP contribution in [0.3, 0.4) is 0 Å². The molecule has 2 heteroatoms. The fourth-order valence-electron chi connectivity index (χ4n) is 1.81. The fraction of sp³-hybridized carbons (Fsp3) is 0.812. The third-order valence-electron chi connectivity index (χ3n) is 3.00. The van der Waals surface area contributed by atoms with Crippen LogP contribution in [0.25, 0.3) is 0 Å². The van der Waals surface area contributed by atoms with Gasteiger partial charge in [-0.3, -0.25) is 4.79 Å². The van der Waals surface area contributed by atoms with Crippen LogP contribution < -0.4 is 0 Å². The third kappa shape index (κ3) is 13.3. The van der Waals surface area contributed by atoms with Gasteiger partial charge >= 0.3 is 5.97 Å². The van der Waals surface area contributed by atoms with Crippen LogP contribution in [0, 0.1) is 0 Å². The number of allylic oxidation sites excluding steroid dienone is 2. The van der Waals surface area contributed by atoms with Gasteiger partial charge in [-0.05, 0) is 32.6 Å². The lowest BCUT2D eigenvalue weighted by atomic mass is 10.1. The average Bonchev–Trinajstić information content (AvgIpc) is 2.37. The Hall–Kier alpha value is -0.790. The van der Waals surface area contributed by atoms with E-state index >= 15 is 0 Å². The first-order valence-corrected chi connectivity index (χ1v) is 7.58. The normalized spacial score (nSPS) is 11.0. The van der Waals surface area contributed by atoms with E-state index in [0.29, 0.717) is 13.0 Å². The minimum atomic E-state index is -0.0171. The summed E-state index contributed by atoms with van der Waals surface area (Å²) in [6, 6.07) is 0. The molecule has 0 N–H and O–H groups in total. The predicted octanol–water partition coefficient (Wildman–Crippen LogP) is 5.03. The van der Waals surface area contributed by atoms with Crippen molar-refractivity contribution in [1.29, 1.82) is 0 Å². The summed E-state index contributed by atoms with van der Waals surface area (Å²) in [6.45, 7) is 4.77. The first kappa shape index (κ1) is 17.2. The van der Waals surface area contributed by atoms with E-state index in [2.05, 4.69) is 26.0 Å². The zero-order valence-electron chi connectivity index (χ0n) is 12.2. The summed E-state index contributed by atoms with van der Waals surface area (Å²) < 4.78 is 5.11. The van der Waals surface area contributed by atoms with Gasteiger partial charge in [0, 0.05) is 6.42 Å². The Morgan fingerprint density at radius 3 is 2.33 bits per heavy atom. The van der Waals surface area contributed by atoms with E-state index in [4.69, 9.17) is 4.74 Å². The second-order valence-corrected chi connectivity index (χ2v) is 4.80. The van der Waals surface area contributed by atoms with Crippen molar-refractivity contribution in [1.82, 2.24) is 0 Å². The Balaban J connectivity index is 3.12. The standard InChI is InChI=1S/C16H30O2/c1-3-5-7-8-9-10-11-12-13-14-16(17)18-15-6-4-2/h3,5H,4,6-15H2,1-2H3/b5-3+. The van der Waals surface area contributed by atoms with Crippen molar-refractivity contribution in [3.05, 3.63) is 12.2 Å². The summed E-state index contributed by atoms with van der Waals surface area (Å²) in [5.74, 6) is -0.0171. The lowest BCUT2D eigenvalue weighted by Crippen LogP contribution is -2.05. The van der Waals surface area contributed by atoms with Gasteiger partial charge in [0.25, 0.3) is 0 Å². The highest BCUT2D eigenvalue weighted by Gasteiger charge is 2.01. The molecule has 106 valence electrons. The number of hydrogen-bond acceptors (Lipinski definition) is 2. The summed E-state index contributed by atoms with van der Waals surface area (Å²) in [5.41, 5.74) is 0. The largest absolute Gasteiger partial charge is 0.466 e. The van der Waals surface area contributed by atoms with Crippen LogP contribution in [0.15, 0.2) is 12.2 Å². The minimum absolute atomic E-state index is 0.0171. The average molecular weight is 254 g/mol. The highest BCUT2D eigenvalue weighted by Crippen LogP contribution is 2.09. The number of carbonyl (C=O) groups excluding carboxylic acids is 1. The van der Waals surface area contributed by atoms with E-state index in [9.17, 15) is 4.79 Å². The van der Waals surface area contributed by atoms with E-state index in [1.807, 2.05) is 0 Å². The number of esters is 1. The third-order valence-corrected chi connectivity index (χ3v) is 3.00. The molecule has 0 radical (unpaired) electrons. The van der Waals surface area contributed by atoms with Crippen LogP contribution >= 0.6 is 0 Å². The van der Waals surface area contributed by atoms with Crippen molar-refractivity contribution in [3.63, 3.8) is 0 Å². The molecule has 0 aliphatic rings. The van der Waals surface area contributed by atoms with Crippen molar-refractivity contribution in [2.75, 3.05) is 6.61 Å². The quantitative estimate of drug-likeness (QED) is 0.277. The first-order valence-electron chi connectivity index (χ1n) is 7.58. The molecular formula is C16H30O2. The molecule has 0 fully saturated rings. The summed E-state index contributed by atoms with van der Waals surface area (Å²) in [6.07, 6.45) is 15.5. The van der Waals surface area contributed by atoms with Gasteiger partial charge in [-0.15, -0.1) is 0 Å². The molecule has 0 bridgehead atoms. The van der Waals surface area contributed by atoms with Gasteiger partial charge in [-0.2, -0.15) is 0 Å². The molecule has 0 rings (SSSR count). The topological polar surface area (TPSA) is 26.3 Å². The molecule has 0 spiro atoms. The Bertz CT molecular complexity index is 209. The van der Waals surface area contributed by atoms with Gasteiger partial charge in [0.2, 0.25) is 0 Å². The molecule has 0 saturated carbocycles. The number of unbranched alkanes of at least 4 members (excludes halogenated alkanes) is 7. The van der Waals surface area contributed by atoms with Gasteiger partial charge in [-0.25, -0.2) is 0 Å². The zero-order valence-corrected chi connectivity index (χ0v) is 12.2. The second kappa shape index (κ2) is 14.3. The molecule has 0 heterocycles. The summed E-state index contributed by atoms with van der Waals surface area (Å²) in [7, 11) is 0. The van der Waals surface area contributed by atoms with Crippen LogP contribution in [-0.4, -0.2) is 12.6 Å². The van der Waals surface area contributed by atoms with Gasteiger partial charge in [0.1, 0.15) is 0 Å². The van der Waals surface area contributed by atoms with E-state index < -0.39 is 0 Å². The molecule has 0 amide bonds. The minimum Gasteiger partial charge on any atom is -0.466 e. The first-order chi connectivity index (χ1) is 8.81. The molecule has 0 unspecified atom stereocenters. The van der Waals surface area contributed by atoms with Crippen LogP contribution in [0.5, 0.6) is 0 Å². The molecule has 0 aliphatic heterocycles. The molecule has 0 aromatic heterocycles. The highest BCUT2D eigenvalue weighted by molar-refractivity contribution is 5.69. The van der Waals surface area contributed by atoms with Gasteiger partial charge in [-0.1, -0.05) is 51.2 Å². The molecule has 0 aromatic rings. The van der Waals surface area contributed by atoms with Crippen molar-refractivity contribution in [3.8, 4) is 0 Å². The van der Waals surface area contributed by atoms with Crippen molar-refractivity contribution < 1.29 is 9.53 Å². The van der Waals surface area contributed by atoms with Crippen LogP contribution in [0.4, 0.5) is 0 Å². The number of hydrogen-bond donors (Lipinski definition) is 0. The Morgan fingerprint density at radius 2 is 1.67 bits per heavy atom. The van der Waals surface area contributed by atoms with E-state index in [1.54, 1.807) is 0 Å². The van der Waals surface area contributed by atoms with Crippen molar-refractivity contribution >= 4 is 5.97 Å². The Labute approximate surface area is 113 Å². The Kier molecular flexibility index (Phi) is 13.6. The van der Waals surface area contributed by atoms with E-state index in [0.717, 1.165) is 25.7 Å². The lowest BCUT2D eigenvalue weighted by Gasteiger charge is -2.03.